The summed E-state index contributed by atoms with van der Waals surface area (Å²) in [7, 11) is 0. The van der Waals surface area contributed by atoms with Gasteiger partial charge in [0, 0.05) is 12.2 Å². The zero-order valence-electron chi connectivity index (χ0n) is 10.8. The topological polar surface area (TPSA) is 104 Å². The molecule has 0 aliphatic carbocycles. The second-order valence-electron chi connectivity index (χ2n) is 4.11. The fourth-order valence-electron chi connectivity index (χ4n) is 1.61. The van der Waals surface area contributed by atoms with Crippen LogP contribution in [0.3, 0.4) is 0 Å². The maximum absolute atomic E-state index is 11.6. The summed E-state index contributed by atoms with van der Waals surface area (Å²) in [5.74, 6) is -0.922. The van der Waals surface area contributed by atoms with Gasteiger partial charge >= 0.3 is 12.0 Å². The maximum Gasteiger partial charge on any atom is 0.315 e. The minimum atomic E-state index is -0.922. The van der Waals surface area contributed by atoms with Crippen molar-refractivity contribution in [2.24, 2.45) is 0 Å². The smallest absolute Gasteiger partial charge is 0.315 e. The monoisotopic (exact) mass is 266 g/mol. The van der Waals surface area contributed by atoms with Crippen molar-refractivity contribution in [3.63, 3.8) is 0 Å². The molecule has 19 heavy (non-hydrogen) atoms. The van der Waals surface area contributed by atoms with Crippen molar-refractivity contribution in [3.8, 4) is 0 Å². The molecule has 0 bridgehead atoms. The van der Waals surface area contributed by atoms with Gasteiger partial charge in [0.2, 0.25) is 0 Å². The van der Waals surface area contributed by atoms with Crippen molar-refractivity contribution in [1.82, 2.24) is 20.6 Å². The van der Waals surface area contributed by atoms with E-state index in [1.54, 1.807) is 12.3 Å². The quantitative estimate of drug-likeness (QED) is 0.680. The molecule has 1 unspecified atom stereocenters. The summed E-state index contributed by atoms with van der Waals surface area (Å²) in [6, 6.07) is 0.951. The van der Waals surface area contributed by atoms with E-state index in [1.807, 2.05) is 6.92 Å². The Morgan fingerprint density at radius 3 is 2.84 bits per heavy atom. The first-order valence-electron chi connectivity index (χ1n) is 6.13. The second-order valence-corrected chi connectivity index (χ2v) is 4.11. The first kappa shape index (κ1) is 14.9. The molecule has 1 heterocycles. The number of nitrogens with zero attached hydrogens (tertiary/aromatic N) is 2. The van der Waals surface area contributed by atoms with Crippen molar-refractivity contribution < 1.29 is 14.7 Å². The Labute approximate surface area is 111 Å². The average molecular weight is 266 g/mol. The molecule has 7 nitrogen and oxygen atoms in total. The lowest BCUT2D eigenvalue weighted by atomic mass is 10.1. The molecule has 0 radical (unpaired) electrons. The van der Waals surface area contributed by atoms with E-state index < -0.39 is 12.0 Å². The number of urea groups is 1. The Hall–Kier alpha value is -2.18. The van der Waals surface area contributed by atoms with Crippen LogP contribution in [0.2, 0.25) is 0 Å². The lowest BCUT2D eigenvalue weighted by Crippen LogP contribution is -2.42. The molecule has 0 spiro atoms. The fraction of sp³-hybridized carbons (Fsp3) is 0.500. The maximum atomic E-state index is 11.6. The van der Waals surface area contributed by atoms with Gasteiger partial charge in [0.05, 0.1) is 18.7 Å². The molecule has 0 aliphatic heterocycles. The van der Waals surface area contributed by atoms with Crippen molar-refractivity contribution in [3.05, 3.63) is 24.3 Å². The first-order valence-corrected chi connectivity index (χ1v) is 6.13. The highest BCUT2D eigenvalue weighted by molar-refractivity contribution is 5.75. The molecule has 104 valence electrons. The van der Waals surface area contributed by atoms with Crippen LogP contribution in [0.4, 0.5) is 4.79 Å². The Bertz CT molecular complexity index is 411. The summed E-state index contributed by atoms with van der Waals surface area (Å²) in [5.41, 5.74) is 0.690. The van der Waals surface area contributed by atoms with Gasteiger partial charge in [-0.1, -0.05) is 13.3 Å². The third-order valence-corrected chi connectivity index (χ3v) is 2.47. The summed E-state index contributed by atoms with van der Waals surface area (Å²) in [6.45, 7) is 2.22. The second kappa shape index (κ2) is 8.02. The van der Waals surface area contributed by atoms with Crippen LogP contribution in [0.5, 0.6) is 0 Å². The molecule has 0 aliphatic rings. The van der Waals surface area contributed by atoms with Gasteiger partial charge < -0.3 is 15.7 Å². The number of amides is 2. The number of carbonyl (C=O) groups excluding carboxylic acids is 1. The van der Waals surface area contributed by atoms with Gasteiger partial charge in [-0.15, -0.1) is 0 Å². The van der Waals surface area contributed by atoms with Gasteiger partial charge in [0.25, 0.3) is 0 Å². The van der Waals surface area contributed by atoms with Crippen LogP contribution < -0.4 is 10.6 Å². The number of nitrogens with one attached hydrogen (secondary N) is 2. The molecule has 1 aromatic rings. The van der Waals surface area contributed by atoms with Gasteiger partial charge in [-0.25, -0.2) is 14.8 Å². The number of aliphatic carboxylic acids is 1. The van der Waals surface area contributed by atoms with E-state index in [2.05, 4.69) is 20.6 Å². The van der Waals surface area contributed by atoms with Crippen LogP contribution in [0.25, 0.3) is 0 Å². The van der Waals surface area contributed by atoms with E-state index in [1.165, 1.54) is 6.33 Å². The molecule has 0 aromatic carbocycles. The van der Waals surface area contributed by atoms with Gasteiger partial charge in [0.15, 0.2) is 0 Å². The standard InChI is InChI=1S/C12H18N4O3/c1-2-3-9(6-11(17)18)16-12(19)14-7-10-4-5-13-8-15-10/h4-5,8-9H,2-3,6-7H2,1H3,(H,17,18)(H2,14,16,19). The van der Waals surface area contributed by atoms with Crippen LogP contribution in [0, 0.1) is 0 Å². The normalized spacial score (nSPS) is 11.6. The number of rotatable bonds is 7. The van der Waals surface area contributed by atoms with Gasteiger partial charge in [-0.05, 0) is 12.5 Å². The van der Waals surface area contributed by atoms with E-state index in [9.17, 15) is 9.59 Å². The van der Waals surface area contributed by atoms with Crippen molar-refractivity contribution >= 4 is 12.0 Å². The molecule has 1 atom stereocenters. The number of carboxylic acids is 1. The molecule has 1 aromatic heterocycles. The molecule has 1 rings (SSSR count). The molecule has 2 amide bonds. The third kappa shape index (κ3) is 6.35. The first-order chi connectivity index (χ1) is 9.11. The molecule has 0 saturated heterocycles. The summed E-state index contributed by atoms with van der Waals surface area (Å²) < 4.78 is 0. The summed E-state index contributed by atoms with van der Waals surface area (Å²) >= 11 is 0. The Balaban J connectivity index is 2.37. The number of carboxylic acid groups (broad SMARTS) is 1. The molecule has 0 saturated carbocycles. The zero-order chi connectivity index (χ0) is 14.1. The van der Waals surface area contributed by atoms with E-state index >= 15 is 0 Å². The van der Waals surface area contributed by atoms with Gasteiger partial charge in [0.1, 0.15) is 6.33 Å². The number of hydrogen-bond acceptors (Lipinski definition) is 4. The van der Waals surface area contributed by atoms with E-state index in [0.717, 1.165) is 6.42 Å². The van der Waals surface area contributed by atoms with Crippen LogP contribution >= 0.6 is 0 Å². The number of carbonyl (C=O) groups is 2. The van der Waals surface area contributed by atoms with E-state index in [0.29, 0.717) is 12.1 Å². The van der Waals surface area contributed by atoms with Crippen molar-refractivity contribution in [2.45, 2.75) is 38.8 Å². The third-order valence-electron chi connectivity index (χ3n) is 2.47. The van der Waals surface area contributed by atoms with E-state index in [-0.39, 0.29) is 19.0 Å². The lowest BCUT2D eigenvalue weighted by molar-refractivity contribution is -0.137. The van der Waals surface area contributed by atoms with Crippen molar-refractivity contribution in [2.75, 3.05) is 0 Å². The number of aromatic nitrogens is 2. The summed E-state index contributed by atoms with van der Waals surface area (Å²) in [6.07, 6.45) is 4.36. The van der Waals surface area contributed by atoms with Crippen LogP contribution in [0.1, 0.15) is 31.9 Å². The zero-order valence-corrected chi connectivity index (χ0v) is 10.8. The Morgan fingerprint density at radius 2 is 2.26 bits per heavy atom. The highest BCUT2D eigenvalue weighted by Gasteiger charge is 2.14. The van der Waals surface area contributed by atoms with Crippen LogP contribution in [-0.2, 0) is 11.3 Å². The molecule has 0 fully saturated rings. The van der Waals surface area contributed by atoms with E-state index in [4.69, 9.17) is 5.11 Å². The molecular formula is C12H18N4O3. The molecule has 3 N–H and O–H groups in total. The molecule has 7 heteroatoms. The fourth-order valence-corrected chi connectivity index (χ4v) is 1.61. The average Bonchev–Trinajstić information content (AvgIpc) is 2.37. The van der Waals surface area contributed by atoms with Crippen LogP contribution in [-0.4, -0.2) is 33.1 Å². The number of hydrogen-bond donors (Lipinski definition) is 3. The lowest BCUT2D eigenvalue weighted by Gasteiger charge is -2.16. The predicted octanol–water partition coefficient (Wildman–Crippen LogP) is 0.919. The highest BCUT2D eigenvalue weighted by atomic mass is 16.4. The van der Waals surface area contributed by atoms with Gasteiger partial charge in [-0.3, -0.25) is 4.79 Å². The predicted molar refractivity (Wildman–Crippen MR) is 68.4 cm³/mol. The van der Waals surface area contributed by atoms with Gasteiger partial charge in [-0.2, -0.15) is 0 Å². The SMILES string of the molecule is CCCC(CC(=O)O)NC(=O)NCc1ccncn1. The minimum absolute atomic E-state index is 0.0746. The highest BCUT2D eigenvalue weighted by Crippen LogP contribution is 2.01. The van der Waals surface area contributed by atoms with Crippen molar-refractivity contribution in [1.29, 1.82) is 0 Å². The summed E-state index contributed by atoms with van der Waals surface area (Å²) in [4.78, 5) is 30.0. The Kier molecular flexibility index (Phi) is 6.28. The largest absolute Gasteiger partial charge is 0.481 e. The molecular weight excluding hydrogens is 248 g/mol. The minimum Gasteiger partial charge on any atom is -0.481 e. The summed E-state index contributed by atoms with van der Waals surface area (Å²) in [5, 5.41) is 14.0. The van der Waals surface area contributed by atoms with Crippen LogP contribution in [0.15, 0.2) is 18.6 Å². The Morgan fingerprint density at radius 1 is 1.47 bits per heavy atom.